The van der Waals surface area contributed by atoms with Gasteiger partial charge in [-0.3, -0.25) is 9.36 Å². The van der Waals surface area contributed by atoms with Crippen LogP contribution in [0.25, 0.3) is 43.4 Å². The first-order valence-electron chi connectivity index (χ1n) is 13.7. The van der Waals surface area contributed by atoms with Crippen molar-refractivity contribution >= 4 is 49.3 Å². The zero-order valence-corrected chi connectivity index (χ0v) is 21.7. The van der Waals surface area contributed by atoms with E-state index in [2.05, 4.69) is 69.8 Å². The van der Waals surface area contributed by atoms with Gasteiger partial charge in [-0.1, -0.05) is 66.7 Å². The minimum Gasteiger partial charge on any atom is -0.351 e. The normalized spacial score (nSPS) is 15.0. The number of amides is 1. The van der Waals surface area contributed by atoms with Crippen LogP contribution < -0.4 is 11.0 Å². The van der Waals surface area contributed by atoms with Crippen LogP contribution in [0.2, 0.25) is 0 Å². The molecule has 1 aromatic heterocycles. The first-order valence-corrected chi connectivity index (χ1v) is 13.7. The molecular weight excluding hydrogens is 484 g/mol. The Morgan fingerprint density at radius 1 is 0.821 bits per heavy atom. The molecule has 6 aromatic rings. The lowest BCUT2D eigenvalue weighted by atomic mass is 9.95. The number of aromatic nitrogens is 2. The van der Waals surface area contributed by atoms with Crippen LogP contribution in [0.3, 0.4) is 0 Å². The van der Waals surface area contributed by atoms with Gasteiger partial charge in [0.05, 0.1) is 11.0 Å². The summed E-state index contributed by atoms with van der Waals surface area (Å²) in [5, 5.41) is 10.2. The summed E-state index contributed by atoms with van der Waals surface area (Å²) >= 11 is 0. The van der Waals surface area contributed by atoms with E-state index in [0.29, 0.717) is 12.1 Å². The highest BCUT2D eigenvalue weighted by molar-refractivity contribution is 6.20. The highest BCUT2D eigenvalue weighted by Crippen LogP contribution is 2.32. The molecular formula is C33H30N4O2. The van der Waals surface area contributed by atoms with Crippen LogP contribution >= 0.6 is 0 Å². The zero-order valence-electron chi connectivity index (χ0n) is 21.7. The number of nitrogens with one attached hydrogen (secondary N) is 2. The van der Waals surface area contributed by atoms with Crippen molar-refractivity contribution in [3.8, 4) is 0 Å². The van der Waals surface area contributed by atoms with E-state index in [0.717, 1.165) is 54.3 Å². The third kappa shape index (κ3) is 4.27. The summed E-state index contributed by atoms with van der Waals surface area (Å²) in [6.07, 6.45) is 1.84. The second-order valence-corrected chi connectivity index (χ2v) is 10.5. The molecule has 0 radical (unpaired) electrons. The van der Waals surface area contributed by atoms with Crippen LogP contribution in [-0.4, -0.2) is 46.5 Å². The van der Waals surface area contributed by atoms with Crippen molar-refractivity contribution in [3.05, 3.63) is 107 Å². The lowest BCUT2D eigenvalue weighted by Gasteiger charge is -2.32. The van der Waals surface area contributed by atoms with Gasteiger partial charge in [0.25, 0.3) is 5.91 Å². The van der Waals surface area contributed by atoms with Gasteiger partial charge in [0.2, 0.25) is 0 Å². The number of rotatable bonds is 5. The lowest BCUT2D eigenvalue weighted by molar-refractivity contribution is 0.0944. The van der Waals surface area contributed by atoms with Gasteiger partial charge in [-0.25, -0.2) is 4.79 Å². The minimum absolute atomic E-state index is 0.0292. The molecule has 0 bridgehead atoms. The van der Waals surface area contributed by atoms with Gasteiger partial charge in [0.15, 0.2) is 0 Å². The molecule has 5 aromatic carbocycles. The molecule has 1 fully saturated rings. The SMILES string of the molecule is O=C(NCCN1CCC(n2c(=O)[nH]c3ccccc32)CC1)c1ccc2c(ccc3ccc4ccccc4c32)c1. The average molecular weight is 515 g/mol. The standard InChI is InChI=1S/C33H30N4O2/c38-32(25-13-14-28-24(21-25)12-11-23-10-9-22-5-1-2-6-27(22)31(23)28)34-17-20-36-18-15-26(16-19-36)37-30-8-4-3-7-29(30)35-33(37)39/h1-14,21,26H,15-20H2,(H,34,38)(H,35,39). The van der Waals surface area contributed by atoms with Crippen LogP contribution in [-0.2, 0) is 0 Å². The Balaban J connectivity index is 1.00. The molecule has 39 heavy (non-hydrogen) atoms. The van der Waals surface area contributed by atoms with Gasteiger partial charge in [0.1, 0.15) is 0 Å². The molecule has 0 atom stereocenters. The van der Waals surface area contributed by atoms with Crippen LogP contribution in [0.5, 0.6) is 0 Å². The van der Waals surface area contributed by atoms with Crippen molar-refractivity contribution in [3.63, 3.8) is 0 Å². The number of H-pyrrole nitrogens is 1. The quantitative estimate of drug-likeness (QED) is 0.283. The van der Waals surface area contributed by atoms with Gasteiger partial charge in [-0.05, 0) is 69.4 Å². The van der Waals surface area contributed by atoms with E-state index in [-0.39, 0.29) is 17.6 Å². The fourth-order valence-electron chi connectivity index (χ4n) is 6.24. The van der Waals surface area contributed by atoms with E-state index in [4.69, 9.17) is 0 Å². The highest BCUT2D eigenvalue weighted by Gasteiger charge is 2.23. The van der Waals surface area contributed by atoms with Crippen LogP contribution in [0.4, 0.5) is 0 Å². The zero-order chi connectivity index (χ0) is 26.3. The van der Waals surface area contributed by atoms with Crippen LogP contribution in [0, 0.1) is 0 Å². The second kappa shape index (κ2) is 9.71. The van der Waals surface area contributed by atoms with Gasteiger partial charge in [-0.15, -0.1) is 0 Å². The van der Waals surface area contributed by atoms with Crippen molar-refractivity contribution in [2.45, 2.75) is 18.9 Å². The Morgan fingerprint density at radius 2 is 1.54 bits per heavy atom. The predicted molar refractivity (Wildman–Crippen MR) is 159 cm³/mol. The van der Waals surface area contributed by atoms with Gasteiger partial charge < -0.3 is 15.2 Å². The van der Waals surface area contributed by atoms with Gasteiger partial charge in [-0.2, -0.15) is 0 Å². The van der Waals surface area contributed by atoms with E-state index in [1.807, 2.05) is 41.0 Å². The number of para-hydroxylation sites is 2. The predicted octanol–water partition coefficient (Wildman–Crippen LogP) is 5.86. The third-order valence-corrected chi connectivity index (χ3v) is 8.25. The minimum atomic E-state index is -0.0462. The largest absolute Gasteiger partial charge is 0.351 e. The summed E-state index contributed by atoms with van der Waals surface area (Å²) in [4.78, 5) is 30.9. The Bertz CT molecular complexity index is 1910. The summed E-state index contributed by atoms with van der Waals surface area (Å²) in [5.74, 6) is -0.0462. The Kier molecular flexibility index (Phi) is 5.90. The number of nitrogens with zero attached hydrogens (tertiary/aromatic N) is 2. The molecule has 6 heteroatoms. The maximum absolute atomic E-state index is 13.0. The topological polar surface area (TPSA) is 70.1 Å². The molecule has 2 N–H and O–H groups in total. The van der Waals surface area contributed by atoms with Gasteiger partial charge >= 0.3 is 5.69 Å². The number of benzene rings is 5. The number of piperidine rings is 1. The molecule has 6 nitrogen and oxygen atoms in total. The molecule has 1 amide bonds. The number of hydrogen-bond donors (Lipinski definition) is 2. The van der Waals surface area contributed by atoms with E-state index >= 15 is 0 Å². The van der Waals surface area contributed by atoms with Crippen molar-refractivity contribution in [2.24, 2.45) is 0 Å². The molecule has 2 heterocycles. The van der Waals surface area contributed by atoms with E-state index < -0.39 is 0 Å². The number of hydrogen-bond acceptors (Lipinski definition) is 3. The molecule has 0 aliphatic carbocycles. The monoisotopic (exact) mass is 514 g/mol. The number of likely N-dealkylation sites (tertiary alicyclic amines) is 1. The second-order valence-electron chi connectivity index (χ2n) is 10.5. The third-order valence-electron chi connectivity index (χ3n) is 8.25. The van der Waals surface area contributed by atoms with Crippen LogP contribution in [0.15, 0.2) is 95.8 Å². The highest BCUT2D eigenvalue weighted by atomic mass is 16.2. The van der Waals surface area contributed by atoms with Crippen LogP contribution in [0.1, 0.15) is 29.2 Å². The average Bonchev–Trinajstić information content (AvgIpc) is 3.32. The molecule has 0 spiro atoms. The maximum atomic E-state index is 13.0. The first kappa shape index (κ1) is 23.7. The van der Waals surface area contributed by atoms with E-state index in [1.54, 1.807) is 0 Å². The first-order chi connectivity index (χ1) is 19.2. The Labute approximate surface area is 225 Å². The summed E-state index contributed by atoms with van der Waals surface area (Å²) in [5.41, 5.74) is 2.52. The Morgan fingerprint density at radius 3 is 2.41 bits per heavy atom. The van der Waals surface area contributed by atoms with Gasteiger partial charge in [0, 0.05) is 37.8 Å². The molecule has 1 saturated heterocycles. The number of fused-ring (bicyclic) bond motifs is 6. The van der Waals surface area contributed by atoms with Crippen molar-refractivity contribution < 1.29 is 4.79 Å². The van der Waals surface area contributed by atoms with Crippen molar-refractivity contribution in [1.29, 1.82) is 0 Å². The molecule has 1 aliphatic rings. The molecule has 7 rings (SSSR count). The molecule has 194 valence electrons. The van der Waals surface area contributed by atoms with Crippen molar-refractivity contribution in [2.75, 3.05) is 26.2 Å². The fourth-order valence-corrected chi connectivity index (χ4v) is 6.24. The Hall–Kier alpha value is -4.42. The van der Waals surface area contributed by atoms with E-state index in [9.17, 15) is 9.59 Å². The molecule has 0 saturated carbocycles. The number of carbonyl (C=O) groups is 1. The summed E-state index contributed by atoms with van der Waals surface area (Å²) < 4.78 is 1.92. The smallest absolute Gasteiger partial charge is 0.326 e. The summed E-state index contributed by atoms with van der Waals surface area (Å²) in [6, 6.07) is 31.1. The molecule has 1 aliphatic heterocycles. The van der Waals surface area contributed by atoms with E-state index in [1.165, 1.54) is 21.5 Å². The fraction of sp³-hybridized carbons (Fsp3) is 0.212. The number of imidazole rings is 1. The van der Waals surface area contributed by atoms with Crippen molar-refractivity contribution in [1.82, 2.24) is 19.8 Å². The maximum Gasteiger partial charge on any atom is 0.326 e. The number of aromatic amines is 1. The summed E-state index contributed by atoms with van der Waals surface area (Å²) in [7, 11) is 0. The molecule has 0 unspecified atom stereocenters. The lowest BCUT2D eigenvalue weighted by Crippen LogP contribution is -2.41. The number of carbonyl (C=O) groups excluding carboxylic acids is 1. The summed E-state index contributed by atoms with van der Waals surface area (Å²) in [6.45, 7) is 3.20.